The largest absolute Gasteiger partial charge is 0.495 e. The number of fused-ring (bicyclic) bond motifs is 6. The smallest absolute Gasteiger partial charge is 0.219 e. The summed E-state index contributed by atoms with van der Waals surface area (Å²) in [6, 6.07) is 14.7. The maximum absolute atomic E-state index is 9.12. The third kappa shape index (κ3) is 4.48. The van der Waals surface area contributed by atoms with Crippen LogP contribution in [-0.2, 0) is 0 Å². The number of aromatic nitrogens is 2. The Balaban J connectivity index is 1.55. The second kappa shape index (κ2) is 10.7. The van der Waals surface area contributed by atoms with E-state index < -0.39 is 0 Å². The van der Waals surface area contributed by atoms with Crippen molar-refractivity contribution in [3.8, 4) is 55.3 Å². The molecule has 0 saturated carbocycles. The van der Waals surface area contributed by atoms with Crippen molar-refractivity contribution in [1.29, 1.82) is 21.0 Å². The van der Waals surface area contributed by atoms with E-state index >= 15 is 0 Å². The van der Waals surface area contributed by atoms with E-state index in [2.05, 4.69) is 30.9 Å². The van der Waals surface area contributed by atoms with Crippen LogP contribution in [0.3, 0.4) is 0 Å². The maximum Gasteiger partial charge on any atom is 0.219 e. The van der Waals surface area contributed by atoms with Crippen LogP contribution in [0.2, 0.25) is 0 Å². The molecule has 41 heavy (non-hydrogen) atoms. The van der Waals surface area contributed by atoms with E-state index in [-0.39, 0.29) is 11.4 Å². The summed E-state index contributed by atoms with van der Waals surface area (Å²) in [6.07, 6.45) is 0. The van der Waals surface area contributed by atoms with Crippen LogP contribution in [0.4, 0.5) is 10.0 Å². The van der Waals surface area contributed by atoms with Crippen LogP contribution < -0.4 is 9.47 Å². The average Bonchev–Trinajstić information content (AvgIpc) is 3.81. The molecule has 0 bridgehead atoms. The highest BCUT2D eigenvalue weighted by Crippen LogP contribution is 2.53. The van der Waals surface area contributed by atoms with Crippen LogP contribution in [-0.4, -0.2) is 34.4 Å². The molecule has 0 fully saturated rings. The zero-order chi connectivity index (χ0) is 28.7. The first-order valence-corrected chi connectivity index (χ1v) is 15.3. The number of thiophene rings is 4. The van der Waals surface area contributed by atoms with Gasteiger partial charge in [0.25, 0.3) is 0 Å². The van der Waals surface area contributed by atoms with Gasteiger partial charge in [0.05, 0.1) is 45.1 Å². The monoisotopic (exact) mass is 626 g/mol. The summed E-state index contributed by atoms with van der Waals surface area (Å²) >= 11 is 6.99. The van der Waals surface area contributed by atoms with E-state index in [1.54, 1.807) is 73.3 Å². The zero-order valence-electron chi connectivity index (χ0n) is 20.7. The molecule has 0 aliphatic heterocycles. The van der Waals surface area contributed by atoms with Crippen molar-refractivity contribution < 1.29 is 9.47 Å². The third-order valence-electron chi connectivity index (χ3n) is 5.79. The Bertz CT molecular complexity index is 2060. The molecule has 0 aliphatic rings. The van der Waals surface area contributed by atoms with Gasteiger partial charge in [0.15, 0.2) is 0 Å². The number of hydrogen-bond acceptors (Lipinski definition) is 15. The van der Waals surface area contributed by atoms with Crippen molar-refractivity contribution in [2.75, 3.05) is 14.2 Å². The Morgan fingerprint density at radius 2 is 1.07 bits per heavy atom. The van der Waals surface area contributed by atoms with Crippen LogP contribution >= 0.6 is 57.1 Å². The molecule has 0 radical (unpaired) electrons. The van der Waals surface area contributed by atoms with Crippen molar-refractivity contribution in [3.63, 3.8) is 0 Å². The summed E-state index contributed by atoms with van der Waals surface area (Å²) in [5.74, 6) is 1.19. The van der Waals surface area contributed by atoms with Crippen molar-refractivity contribution in [1.82, 2.24) is 8.75 Å². The molecule has 0 atom stereocenters. The molecule has 0 saturated heterocycles. The highest BCUT2D eigenvalue weighted by molar-refractivity contribution is 7.33. The Morgan fingerprint density at radius 3 is 1.44 bits per heavy atom. The van der Waals surface area contributed by atoms with Gasteiger partial charge >= 0.3 is 0 Å². The van der Waals surface area contributed by atoms with Gasteiger partial charge in [-0.05, 0) is 12.1 Å². The normalized spacial score (nSPS) is 10.6. The number of ether oxygens (including phenoxy) is 2. The fourth-order valence-electron chi connectivity index (χ4n) is 4.09. The molecule has 0 N–H and O–H groups in total. The van der Waals surface area contributed by atoms with Gasteiger partial charge < -0.3 is 9.47 Å². The molecule has 5 heterocycles. The number of rotatable bonds is 6. The van der Waals surface area contributed by atoms with E-state index in [9.17, 15) is 0 Å². The Kier molecular flexibility index (Phi) is 6.90. The quantitative estimate of drug-likeness (QED) is 0.169. The summed E-state index contributed by atoms with van der Waals surface area (Å²) in [6.45, 7) is 0. The number of hydrogen-bond donors (Lipinski definition) is 0. The molecule has 6 aromatic rings. The first-order chi connectivity index (χ1) is 20.0. The topological polar surface area (TPSA) is 164 Å². The van der Waals surface area contributed by atoms with E-state index in [0.29, 0.717) is 21.5 Å². The Hall–Kier alpha value is -4.74. The summed E-state index contributed by atoms with van der Waals surface area (Å²) in [4.78, 5) is 11.8. The van der Waals surface area contributed by atoms with Gasteiger partial charge in [-0.1, -0.05) is 0 Å². The van der Waals surface area contributed by atoms with Crippen LogP contribution in [0.1, 0.15) is 0 Å². The molecule has 10 nitrogen and oxygen atoms in total. The van der Waals surface area contributed by atoms with E-state index in [1.807, 2.05) is 0 Å². The molecule has 0 unspecified atom stereocenters. The first-order valence-electron chi connectivity index (χ1n) is 11.3. The van der Waals surface area contributed by atoms with Gasteiger partial charge in [0, 0.05) is 32.7 Å². The number of nitriles is 4. The lowest BCUT2D eigenvalue weighted by Gasteiger charge is -1.98. The minimum atomic E-state index is -0.228. The lowest BCUT2D eigenvalue weighted by Crippen LogP contribution is -1.84. The van der Waals surface area contributed by atoms with E-state index in [1.165, 1.54) is 22.7 Å². The fraction of sp³-hybridized carbons (Fsp3) is 0.0769. The highest BCUT2D eigenvalue weighted by Gasteiger charge is 2.23. The molecular weight excluding hydrogens is 617 g/mol. The fourth-order valence-corrected chi connectivity index (χ4v) is 9.36. The van der Waals surface area contributed by atoms with Crippen molar-refractivity contribution in [2.24, 2.45) is 9.98 Å². The van der Waals surface area contributed by atoms with Gasteiger partial charge in [-0.3, -0.25) is 0 Å². The van der Waals surface area contributed by atoms with Gasteiger partial charge in [0.2, 0.25) is 11.4 Å². The SMILES string of the molecule is COc1cc(N=C(C#N)C#N)sc1-c1cc2c3nsnc3c3cc(-c4sc(N=C(C#N)C#N)cc4OC)sc3c2s1. The average molecular weight is 627 g/mol. The molecule has 15 heteroatoms. The molecule has 0 aliphatic carbocycles. The molecule has 196 valence electrons. The maximum atomic E-state index is 9.12. The second-order valence-corrected chi connectivity index (χ2v) is 12.7. The second-order valence-electron chi connectivity index (χ2n) is 8.00. The summed E-state index contributed by atoms with van der Waals surface area (Å²) in [7, 11) is 3.13. The first kappa shape index (κ1) is 26.5. The van der Waals surface area contributed by atoms with E-state index in [4.69, 9.17) is 30.5 Å². The Morgan fingerprint density at radius 1 is 0.659 bits per heavy atom. The standard InChI is InChI=1S/C26H10N8O2S5/c1-35-15-5-19(31-11(7-27)8-28)39-25(15)17-3-13-21-22(34-41-33-21)14-4-18(38-24(14)23(13)37-17)26-16(36-2)6-20(40-26)32-12(9-29)10-30/h3-6H,1-2H3. The lowest BCUT2D eigenvalue weighted by molar-refractivity contribution is 0.418. The molecule has 0 amide bonds. The minimum Gasteiger partial charge on any atom is -0.495 e. The number of benzene rings is 1. The molecule has 6 rings (SSSR count). The number of aliphatic imine (C=N–C) groups is 2. The van der Waals surface area contributed by atoms with E-state index in [0.717, 1.165) is 62.4 Å². The van der Waals surface area contributed by atoms with Crippen molar-refractivity contribution >= 4 is 110 Å². The summed E-state index contributed by atoms with van der Waals surface area (Å²) < 4.78 is 22.5. The van der Waals surface area contributed by atoms with Crippen LogP contribution in [0, 0.1) is 45.3 Å². The van der Waals surface area contributed by atoms with Gasteiger partial charge in [0.1, 0.15) is 56.8 Å². The number of nitrogens with zero attached hydrogens (tertiary/aromatic N) is 8. The predicted octanol–water partition coefficient (Wildman–Crippen LogP) is 7.83. The van der Waals surface area contributed by atoms with Crippen LogP contribution in [0.15, 0.2) is 34.3 Å². The van der Waals surface area contributed by atoms with Crippen molar-refractivity contribution in [2.45, 2.75) is 0 Å². The van der Waals surface area contributed by atoms with Gasteiger partial charge in [-0.25, -0.2) is 9.98 Å². The molecule has 0 spiro atoms. The lowest BCUT2D eigenvalue weighted by atomic mass is 10.1. The molecule has 1 aromatic carbocycles. The summed E-state index contributed by atoms with van der Waals surface area (Å²) in [5, 5.41) is 39.4. The van der Waals surface area contributed by atoms with Crippen LogP contribution in [0.25, 0.3) is 50.7 Å². The van der Waals surface area contributed by atoms with Crippen molar-refractivity contribution in [3.05, 3.63) is 24.3 Å². The zero-order valence-corrected chi connectivity index (χ0v) is 24.8. The molecular formula is C26H10N8O2S5. The summed E-state index contributed by atoms with van der Waals surface area (Å²) in [5.41, 5.74) is 1.14. The van der Waals surface area contributed by atoms with Crippen LogP contribution in [0.5, 0.6) is 11.5 Å². The Labute approximate surface area is 251 Å². The van der Waals surface area contributed by atoms with Gasteiger partial charge in [-0.15, -0.1) is 45.3 Å². The van der Waals surface area contributed by atoms with Gasteiger partial charge in [-0.2, -0.15) is 29.8 Å². The predicted molar refractivity (Wildman–Crippen MR) is 165 cm³/mol. The minimum absolute atomic E-state index is 0.228. The third-order valence-corrected chi connectivity index (χ3v) is 11.1. The highest BCUT2D eigenvalue weighted by atomic mass is 32.1. The number of methoxy groups -OCH3 is 2. The molecule has 5 aromatic heterocycles.